The Kier molecular flexibility index (Phi) is 5.61. The number of benzene rings is 1. The van der Waals surface area contributed by atoms with Gasteiger partial charge in [0.2, 0.25) is 0 Å². The lowest BCUT2D eigenvalue weighted by atomic mass is 10.0. The highest BCUT2D eigenvalue weighted by atomic mass is 16.3. The number of amides is 2. The molecule has 2 N–H and O–H groups in total. The largest absolute Gasteiger partial charge is 0.393 e. The number of piperidine rings is 1. The van der Waals surface area contributed by atoms with Crippen LogP contribution in [0.5, 0.6) is 0 Å². The van der Waals surface area contributed by atoms with Crippen LogP contribution in [0.15, 0.2) is 30.3 Å². The molecule has 1 heterocycles. The van der Waals surface area contributed by atoms with Crippen LogP contribution < -0.4 is 10.2 Å². The van der Waals surface area contributed by atoms with Gasteiger partial charge in [-0.05, 0) is 37.8 Å². The number of para-hydroxylation sites is 1. The molecule has 1 saturated carbocycles. The predicted molar refractivity (Wildman–Crippen MR) is 96.2 cm³/mol. The molecule has 0 radical (unpaired) electrons. The van der Waals surface area contributed by atoms with E-state index in [9.17, 15) is 9.90 Å². The van der Waals surface area contributed by atoms with E-state index in [2.05, 4.69) is 34.5 Å². The van der Waals surface area contributed by atoms with Gasteiger partial charge in [0.1, 0.15) is 0 Å². The molecule has 1 aromatic carbocycles. The maximum absolute atomic E-state index is 12.4. The van der Waals surface area contributed by atoms with Crippen LogP contribution in [0.4, 0.5) is 10.5 Å². The Morgan fingerprint density at radius 2 is 1.92 bits per heavy atom. The van der Waals surface area contributed by atoms with E-state index in [0.717, 1.165) is 45.2 Å². The second kappa shape index (κ2) is 7.88. The minimum absolute atomic E-state index is 0.00717. The van der Waals surface area contributed by atoms with Crippen molar-refractivity contribution >= 4 is 11.7 Å². The second-order valence-corrected chi connectivity index (χ2v) is 7.19. The van der Waals surface area contributed by atoms with Crippen LogP contribution in [0.3, 0.4) is 0 Å². The number of aliphatic hydroxyl groups excluding tert-OH is 1. The molecule has 2 atom stereocenters. The first kappa shape index (κ1) is 17.1. The van der Waals surface area contributed by atoms with Gasteiger partial charge in [0.25, 0.3) is 0 Å². The molecule has 2 amide bonds. The lowest BCUT2D eigenvalue weighted by Gasteiger charge is -2.35. The number of nitrogens with one attached hydrogen (secondary N) is 1. The van der Waals surface area contributed by atoms with Crippen molar-refractivity contribution in [3.05, 3.63) is 30.3 Å². The molecule has 1 aliphatic carbocycles. The SMILES string of the molecule is CN(CC1CCCC1O)C(=O)NC1CCN(c2ccccc2)CC1. The molecule has 3 rings (SSSR count). The standard InChI is InChI=1S/C19H29N3O2/c1-21(14-15-6-5-9-18(15)23)19(24)20-16-10-12-22(13-11-16)17-7-3-2-4-8-17/h2-4,7-8,15-16,18,23H,5-6,9-14H2,1H3,(H,20,24). The number of hydrogen-bond donors (Lipinski definition) is 2. The number of aliphatic hydroxyl groups is 1. The number of nitrogens with zero attached hydrogens (tertiary/aromatic N) is 2. The highest BCUT2D eigenvalue weighted by molar-refractivity contribution is 5.74. The zero-order valence-electron chi connectivity index (χ0n) is 14.5. The van der Waals surface area contributed by atoms with Crippen molar-refractivity contribution in [2.45, 2.75) is 44.2 Å². The summed E-state index contributed by atoms with van der Waals surface area (Å²) in [7, 11) is 1.83. The van der Waals surface area contributed by atoms with Crippen LogP contribution >= 0.6 is 0 Å². The summed E-state index contributed by atoms with van der Waals surface area (Å²) < 4.78 is 0. The first-order valence-electron chi connectivity index (χ1n) is 9.13. The quantitative estimate of drug-likeness (QED) is 0.891. The van der Waals surface area contributed by atoms with Gasteiger partial charge in [-0.25, -0.2) is 4.79 Å². The first-order valence-corrected chi connectivity index (χ1v) is 9.13. The number of rotatable bonds is 4. The van der Waals surface area contributed by atoms with Crippen molar-refractivity contribution in [2.75, 3.05) is 31.6 Å². The van der Waals surface area contributed by atoms with Crippen LogP contribution in [0, 0.1) is 5.92 Å². The molecular weight excluding hydrogens is 302 g/mol. The Labute approximate surface area is 144 Å². The Morgan fingerprint density at radius 1 is 1.21 bits per heavy atom. The summed E-state index contributed by atoms with van der Waals surface area (Å²) in [5.41, 5.74) is 1.26. The molecule has 0 aromatic heterocycles. The summed E-state index contributed by atoms with van der Waals surface area (Å²) >= 11 is 0. The maximum atomic E-state index is 12.4. The van der Waals surface area contributed by atoms with Gasteiger partial charge >= 0.3 is 6.03 Å². The van der Waals surface area contributed by atoms with Crippen molar-refractivity contribution in [3.63, 3.8) is 0 Å². The van der Waals surface area contributed by atoms with Crippen LogP contribution in [-0.2, 0) is 0 Å². The molecular formula is C19H29N3O2. The van der Waals surface area contributed by atoms with Crippen LogP contribution in [-0.4, -0.2) is 54.9 Å². The third kappa shape index (κ3) is 4.20. The monoisotopic (exact) mass is 331 g/mol. The molecule has 2 unspecified atom stereocenters. The van der Waals surface area contributed by atoms with Gasteiger partial charge < -0.3 is 20.2 Å². The van der Waals surface area contributed by atoms with E-state index >= 15 is 0 Å². The molecule has 1 saturated heterocycles. The average Bonchev–Trinajstić information content (AvgIpc) is 3.01. The van der Waals surface area contributed by atoms with Gasteiger partial charge in [-0.15, -0.1) is 0 Å². The topological polar surface area (TPSA) is 55.8 Å². The Bertz CT molecular complexity index is 529. The molecule has 2 aliphatic rings. The second-order valence-electron chi connectivity index (χ2n) is 7.19. The zero-order valence-corrected chi connectivity index (χ0v) is 14.5. The molecule has 1 aliphatic heterocycles. The third-order valence-corrected chi connectivity index (χ3v) is 5.42. The fraction of sp³-hybridized carbons (Fsp3) is 0.632. The molecule has 5 heteroatoms. The van der Waals surface area contributed by atoms with E-state index in [-0.39, 0.29) is 24.1 Å². The molecule has 2 fully saturated rings. The molecule has 1 aromatic rings. The predicted octanol–water partition coefficient (Wildman–Crippen LogP) is 2.46. The average molecular weight is 331 g/mol. The highest BCUT2D eigenvalue weighted by Gasteiger charge is 2.28. The smallest absolute Gasteiger partial charge is 0.317 e. The van der Waals surface area contributed by atoms with E-state index in [4.69, 9.17) is 0 Å². The molecule has 24 heavy (non-hydrogen) atoms. The van der Waals surface area contributed by atoms with Gasteiger partial charge in [-0.2, -0.15) is 0 Å². The summed E-state index contributed by atoms with van der Waals surface area (Å²) in [5.74, 6) is 0.237. The van der Waals surface area contributed by atoms with Gasteiger partial charge in [0.05, 0.1) is 6.10 Å². The summed E-state index contributed by atoms with van der Waals surface area (Å²) in [6.45, 7) is 2.59. The Hall–Kier alpha value is -1.75. The van der Waals surface area contributed by atoms with E-state index < -0.39 is 0 Å². The van der Waals surface area contributed by atoms with E-state index in [1.165, 1.54) is 5.69 Å². The van der Waals surface area contributed by atoms with Crippen molar-refractivity contribution in [3.8, 4) is 0 Å². The fourth-order valence-electron chi connectivity index (χ4n) is 3.87. The Balaban J connectivity index is 1.43. The lowest BCUT2D eigenvalue weighted by molar-refractivity contribution is 0.113. The van der Waals surface area contributed by atoms with E-state index in [0.29, 0.717) is 6.54 Å². The maximum Gasteiger partial charge on any atom is 0.317 e. The summed E-state index contributed by atoms with van der Waals surface area (Å²) in [5, 5.41) is 13.1. The number of carbonyl (C=O) groups excluding carboxylic acids is 1. The van der Waals surface area contributed by atoms with Gasteiger partial charge in [-0.1, -0.05) is 24.6 Å². The van der Waals surface area contributed by atoms with Crippen molar-refractivity contribution in [2.24, 2.45) is 5.92 Å². The summed E-state index contributed by atoms with van der Waals surface area (Å²) in [6, 6.07) is 10.7. The van der Waals surface area contributed by atoms with Gasteiger partial charge in [-0.3, -0.25) is 0 Å². The number of carbonyl (C=O) groups is 1. The molecule has 132 valence electrons. The molecule has 0 spiro atoms. The third-order valence-electron chi connectivity index (χ3n) is 5.42. The minimum Gasteiger partial charge on any atom is -0.393 e. The summed E-state index contributed by atoms with van der Waals surface area (Å²) in [4.78, 5) is 16.5. The Morgan fingerprint density at radius 3 is 2.54 bits per heavy atom. The normalized spacial score (nSPS) is 24.8. The van der Waals surface area contributed by atoms with E-state index in [1.807, 2.05) is 13.1 Å². The highest BCUT2D eigenvalue weighted by Crippen LogP contribution is 2.26. The van der Waals surface area contributed by atoms with Crippen molar-refractivity contribution < 1.29 is 9.90 Å². The van der Waals surface area contributed by atoms with Crippen LogP contribution in [0.1, 0.15) is 32.1 Å². The lowest BCUT2D eigenvalue weighted by Crippen LogP contribution is -2.49. The van der Waals surface area contributed by atoms with Crippen molar-refractivity contribution in [1.82, 2.24) is 10.2 Å². The van der Waals surface area contributed by atoms with Gasteiger partial charge in [0.15, 0.2) is 0 Å². The zero-order chi connectivity index (χ0) is 16.9. The van der Waals surface area contributed by atoms with Gasteiger partial charge in [0, 0.05) is 44.3 Å². The van der Waals surface area contributed by atoms with Crippen molar-refractivity contribution in [1.29, 1.82) is 0 Å². The number of hydrogen-bond acceptors (Lipinski definition) is 3. The fourth-order valence-corrected chi connectivity index (χ4v) is 3.87. The minimum atomic E-state index is -0.241. The van der Waals surface area contributed by atoms with E-state index in [1.54, 1.807) is 4.90 Å². The molecule has 5 nitrogen and oxygen atoms in total. The number of urea groups is 1. The number of anilines is 1. The first-order chi connectivity index (χ1) is 11.6. The van der Waals surface area contributed by atoms with Crippen LogP contribution in [0.25, 0.3) is 0 Å². The molecule has 0 bridgehead atoms. The summed E-state index contributed by atoms with van der Waals surface area (Å²) in [6.07, 6.45) is 4.67. The van der Waals surface area contributed by atoms with Crippen LogP contribution in [0.2, 0.25) is 0 Å².